The monoisotopic (exact) mass is 442 g/mol. The molecular weight excluding hydrogens is 436 g/mol. The summed E-state index contributed by atoms with van der Waals surface area (Å²) in [6, 6.07) is 5.50. The number of pyridine rings is 1. The molecule has 0 saturated heterocycles. The van der Waals surface area contributed by atoms with E-state index in [4.69, 9.17) is 27.9 Å². The second-order valence-corrected chi connectivity index (χ2v) is 6.19. The summed E-state index contributed by atoms with van der Waals surface area (Å²) < 4.78 is 43.5. The van der Waals surface area contributed by atoms with Crippen molar-refractivity contribution in [1.29, 1.82) is 0 Å². The standard InChI is InChI=1S/C14H8BrCl2F3N2O2/c15-8-1-2-11(9(16)4-8)24-6-12(23)22-13-10(17)3-7(5-21-13)14(18,19)20/h1-5H,6H2,(H,21,22,23). The molecule has 128 valence electrons. The van der Waals surface area contributed by atoms with Gasteiger partial charge in [0.15, 0.2) is 12.4 Å². The van der Waals surface area contributed by atoms with E-state index in [1.54, 1.807) is 18.2 Å². The van der Waals surface area contributed by atoms with Crippen LogP contribution in [0.4, 0.5) is 19.0 Å². The van der Waals surface area contributed by atoms with Gasteiger partial charge in [0.1, 0.15) is 5.75 Å². The Labute approximate surface area is 153 Å². The predicted molar refractivity (Wildman–Crippen MR) is 87.5 cm³/mol. The zero-order chi connectivity index (χ0) is 17.9. The molecule has 0 unspecified atom stereocenters. The number of hydrogen-bond acceptors (Lipinski definition) is 3. The van der Waals surface area contributed by atoms with Crippen LogP contribution in [0.15, 0.2) is 34.9 Å². The number of hydrogen-bond donors (Lipinski definition) is 1. The number of aromatic nitrogens is 1. The Morgan fingerprint density at radius 2 is 1.96 bits per heavy atom. The molecule has 0 fully saturated rings. The maximum Gasteiger partial charge on any atom is 0.417 e. The Balaban J connectivity index is 2.00. The highest BCUT2D eigenvalue weighted by Gasteiger charge is 2.31. The molecule has 4 nitrogen and oxygen atoms in total. The summed E-state index contributed by atoms with van der Waals surface area (Å²) in [6.45, 7) is -0.416. The summed E-state index contributed by atoms with van der Waals surface area (Å²) in [6.07, 6.45) is -3.99. The van der Waals surface area contributed by atoms with Crippen LogP contribution in [0.5, 0.6) is 5.75 Å². The van der Waals surface area contributed by atoms with Gasteiger partial charge in [0.25, 0.3) is 5.91 Å². The molecular formula is C14H8BrCl2F3N2O2. The number of anilines is 1. The molecule has 0 saturated carbocycles. The molecule has 2 aromatic rings. The number of carbonyl (C=O) groups excluding carboxylic acids is 1. The highest BCUT2D eigenvalue weighted by Crippen LogP contribution is 2.32. The average molecular weight is 444 g/mol. The van der Waals surface area contributed by atoms with Crippen LogP contribution in [-0.2, 0) is 11.0 Å². The third-order valence-corrected chi connectivity index (χ3v) is 3.76. The van der Waals surface area contributed by atoms with Crippen LogP contribution >= 0.6 is 39.1 Å². The molecule has 0 bridgehead atoms. The lowest BCUT2D eigenvalue weighted by Crippen LogP contribution is -2.21. The highest BCUT2D eigenvalue weighted by atomic mass is 79.9. The van der Waals surface area contributed by atoms with Gasteiger partial charge < -0.3 is 10.1 Å². The first-order chi connectivity index (χ1) is 11.2. The third kappa shape index (κ3) is 4.99. The molecule has 1 N–H and O–H groups in total. The lowest BCUT2D eigenvalue weighted by Gasteiger charge is -2.11. The number of nitrogens with zero attached hydrogens (tertiary/aromatic N) is 1. The van der Waals surface area contributed by atoms with Crippen LogP contribution < -0.4 is 10.1 Å². The second kappa shape index (κ2) is 7.58. The first-order valence-corrected chi connectivity index (χ1v) is 7.82. The van der Waals surface area contributed by atoms with Crippen molar-refractivity contribution in [2.75, 3.05) is 11.9 Å². The van der Waals surface area contributed by atoms with Crippen molar-refractivity contribution in [3.8, 4) is 5.75 Å². The number of alkyl halides is 3. The summed E-state index contributed by atoms with van der Waals surface area (Å²) in [4.78, 5) is 15.3. The molecule has 0 radical (unpaired) electrons. The molecule has 0 atom stereocenters. The van der Waals surface area contributed by atoms with Gasteiger partial charge in [-0.2, -0.15) is 13.2 Å². The van der Waals surface area contributed by atoms with Gasteiger partial charge in [-0.05, 0) is 24.3 Å². The van der Waals surface area contributed by atoms with Gasteiger partial charge in [0, 0.05) is 10.7 Å². The largest absolute Gasteiger partial charge is 0.482 e. The van der Waals surface area contributed by atoms with Gasteiger partial charge in [-0.3, -0.25) is 4.79 Å². The number of benzene rings is 1. The molecule has 1 amide bonds. The van der Waals surface area contributed by atoms with Crippen molar-refractivity contribution >= 4 is 50.9 Å². The second-order valence-electron chi connectivity index (χ2n) is 4.46. The Hall–Kier alpha value is -1.51. The van der Waals surface area contributed by atoms with E-state index < -0.39 is 24.3 Å². The van der Waals surface area contributed by atoms with Gasteiger partial charge in [-0.15, -0.1) is 0 Å². The zero-order valence-electron chi connectivity index (χ0n) is 11.6. The predicted octanol–water partition coefficient (Wildman–Crippen LogP) is 5.19. The minimum atomic E-state index is -4.57. The van der Waals surface area contributed by atoms with Gasteiger partial charge >= 0.3 is 6.18 Å². The minimum absolute atomic E-state index is 0.194. The van der Waals surface area contributed by atoms with E-state index in [2.05, 4.69) is 26.2 Å². The summed E-state index contributed by atoms with van der Waals surface area (Å²) in [5, 5.41) is 2.22. The van der Waals surface area contributed by atoms with Crippen LogP contribution in [0.25, 0.3) is 0 Å². The fraction of sp³-hybridized carbons (Fsp3) is 0.143. The lowest BCUT2D eigenvalue weighted by molar-refractivity contribution is -0.137. The van der Waals surface area contributed by atoms with Crippen LogP contribution in [0, 0.1) is 0 Å². The molecule has 1 aromatic heterocycles. The van der Waals surface area contributed by atoms with E-state index in [0.29, 0.717) is 17.3 Å². The third-order valence-electron chi connectivity index (χ3n) is 2.68. The van der Waals surface area contributed by atoms with Crippen molar-refractivity contribution < 1.29 is 22.7 Å². The van der Waals surface area contributed by atoms with Gasteiger partial charge in [0.05, 0.1) is 15.6 Å². The van der Waals surface area contributed by atoms with Crippen LogP contribution in [0.3, 0.4) is 0 Å². The minimum Gasteiger partial charge on any atom is -0.482 e. The van der Waals surface area contributed by atoms with Crippen molar-refractivity contribution in [3.63, 3.8) is 0 Å². The van der Waals surface area contributed by atoms with E-state index in [1.807, 2.05) is 0 Å². The topological polar surface area (TPSA) is 51.2 Å². The van der Waals surface area contributed by atoms with E-state index in [0.717, 1.165) is 4.47 Å². The summed E-state index contributed by atoms with van der Waals surface area (Å²) in [7, 11) is 0. The maximum absolute atomic E-state index is 12.5. The van der Waals surface area contributed by atoms with Crippen LogP contribution in [0.2, 0.25) is 10.0 Å². The first kappa shape index (κ1) is 18.8. The van der Waals surface area contributed by atoms with Gasteiger partial charge in [0.2, 0.25) is 0 Å². The molecule has 1 heterocycles. The number of carbonyl (C=O) groups is 1. The SMILES string of the molecule is O=C(COc1ccc(Br)cc1Cl)Nc1ncc(C(F)(F)F)cc1Cl. The number of halogens is 6. The normalized spacial score (nSPS) is 11.2. The fourth-order valence-corrected chi connectivity index (χ4v) is 2.53. The van der Waals surface area contributed by atoms with Gasteiger partial charge in [-0.25, -0.2) is 4.98 Å². The molecule has 10 heteroatoms. The smallest absolute Gasteiger partial charge is 0.417 e. The average Bonchev–Trinajstić information content (AvgIpc) is 2.47. The quantitative estimate of drug-likeness (QED) is 0.707. The molecule has 0 aliphatic heterocycles. The molecule has 0 aliphatic rings. The van der Waals surface area contributed by atoms with Crippen LogP contribution in [0.1, 0.15) is 5.56 Å². The van der Waals surface area contributed by atoms with E-state index >= 15 is 0 Å². The number of nitrogens with one attached hydrogen (secondary N) is 1. The summed E-state index contributed by atoms with van der Waals surface area (Å²) in [5.41, 5.74) is -1.01. The van der Waals surface area contributed by atoms with Crippen molar-refractivity contribution in [1.82, 2.24) is 4.98 Å². The van der Waals surface area contributed by atoms with Gasteiger partial charge in [-0.1, -0.05) is 39.1 Å². The molecule has 2 rings (SSSR count). The van der Waals surface area contributed by atoms with Crippen molar-refractivity contribution in [2.45, 2.75) is 6.18 Å². The number of ether oxygens (including phenoxy) is 1. The van der Waals surface area contributed by atoms with E-state index in [-0.39, 0.29) is 16.6 Å². The number of rotatable bonds is 4. The number of amides is 1. The zero-order valence-corrected chi connectivity index (χ0v) is 14.7. The van der Waals surface area contributed by atoms with Crippen LogP contribution in [-0.4, -0.2) is 17.5 Å². The van der Waals surface area contributed by atoms with Crippen molar-refractivity contribution in [2.24, 2.45) is 0 Å². The summed E-state index contributed by atoms with van der Waals surface area (Å²) in [5.74, 6) is -0.565. The van der Waals surface area contributed by atoms with Crippen molar-refractivity contribution in [3.05, 3.63) is 50.5 Å². The molecule has 0 spiro atoms. The summed E-state index contributed by atoms with van der Waals surface area (Å²) >= 11 is 14.9. The Morgan fingerprint density at radius 1 is 1.25 bits per heavy atom. The molecule has 24 heavy (non-hydrogen) atoms. The Kier molecular flexibility index (Phi) is 5.95. The molecule has 1 aromatic carbocycles. The van der Waals surface area contributed by atoms with E-state index in [1.165, 1.54) is 0 Å². The fourth-order valence-electron chi connectivity index (χ4n) is 1.59. The maximum atomic E-state index is 12.5. The Morgan fingerprint density at radius 3 is 2.54 bits per heavy atom. The lowest BCUT2D eigenvalue weighted by atomic mass is 10.3. The molecule has 0 aliphatic carbocycles. The van der Waals surface area contributed by atoms with E-state index in [9.17, 15) is 18.0 Å². The Bertz CT molecular complexity index is 772. The highest BCUT2D eigenvalue weighted by molar-refractivity contribution is 9.10. The first-order valence-electron chi connectivity index (χ1n) is 6.27.